The number of hydrogen-bond acceptors (Lipinski definition) is 4. The minimum Gasteiger partial charge on any atom is -0.511 e. The van der Waals surface area contributed by atoms with Crippen LogP contribution < -0.4 is 0 Å². The molecule has 24 heavy (non-hydrogen) atoms. The molecule has 2 aliphatic rings. The van der Waals surface area contributed by atoms with Crippen molar-refractivity contribution >= 4 is 23.9 Å². The number of fused-ring (bicyclic) bond motifs is 1. The van der Waals surface area contributed by atoms with E-state index in [1.54, 1.807) is 19.1 Å². The smallest absolute Gasteiger partial charge is 0.338 e. The first-order chi connectivity index (χ1) is 11.6. The highest BCUT2D eigenvalue weighted by molar-refractivity contribution is 6.30. The summed E-state index contributed by atoms with van der Waals surface area (Å²) in [5.41, 5.74) is 1.04. The van der Waals surface area contributed by atoms with Crippen molar-refractivity contribution in [3.05, 3.63) is 46.2 Å². The second kappa shape index (κ2) is 6.98. The third-order valence-corrected chi connectivity index (χ3v) is 5.52. The Hall–Kier alpha value is -1.81. The van der Waals surface area contributed by atoms with Crippen molar-refractivity contribution in [2.45, 2.75) is 32.1 Å². The molecule has 0 amide bonds. The molecule has 4 atom stereocenters. The molecule has 0 spiro atoms. The van der Waals surface area contributed by atoms with Gasteiger partial charge < -0.3 is 14.6 Å². The van der Waals surface area contributed by atoms with Crippen LogP contribution in [-0.4, -0.2) is 24.0 Å². The summed E-state index contributed by atoms with van der Waals surface area (Å²) in [6, 6.07) is 7.09. The van der Waals surface area contributed by atoms with Gasteiger partial charge in [0.2, 0.25) is 0 Å². The van der Waals surface area contributed by atoms with Crippen molar-refractivity contribution in [1.29, 1.82) is 0 Å². The van der Waals surface area contributed by atoms with Gasteiger partial charge in [-0.1, -0.05) is 30.2 Å². The van der Waals surface area contributed by atoms with E-state index in [-0.39, 0.29) is 35.7 Å². The van der Waals surface area contributed by atoms with Crippen molar-refractivity contribution in [3.8, 4) is 0 Å². The Morgan fingerprint density at radius 2 is 2.04 bits per heavy atom. The van der Waals surface area contributed by atoms with E-state index in [1.165, 1.54) is 0 Å². The molecule has 1 unspecified atom stereocenters. The molecule has 0 aliphatic heterocycles. The summed E-state index contributed by atoms with van der Waals surface area (Å²) in [5.74, 6) is -1.31. The molecule has 1 saturated carbocycles. The molecule has 128 valence electrons. The lowest BCUT2D eigenvalue weighted by Gasteiger charge is -2.38. The first-order valence-corrected chi connectivity index (χ1v) is 8.77. The standard InChI is InChI=1S/C19H21ClO4/c1-2-24-19(23)17-16(11-6-8-12(20)9-7-11)15(10-21)13-4-3-5-14(13)18(17)22/h6-10,13-16,22H,2-5H2,1H3/t13-,14+,15?,16+/m0/s1. The van der Waals surface area contributed by atoms with Crippen molar-refractivity contribution in [2.24, 2.45) is 17.8 Å². The normalized spacial score (nSPS) is 29.2. The van der Waals surface area contributed by atoms with Gasteiger partial charge >= 0.3 is 5.97 Å². The summed E-state index contributed by atoms with van der Waals surface area (Å²) >= 11 is 5.96. The maximum atomic E-state index is 12.5. The van der Waals surface area contributed by atoms with Gasteiger partial charge in [0.15, 0.2) is 0 Å². The third kappa shape index (κ3) is 2.84. The number of carbonyl (C=O) groups is 2. The molecule has 3 rings (SSSR count). The number of ether oxygens (including phenoxy) is 1. The Kier molecular flexibility index (Phi) is 4.95. The molecule has 0 saturated heterocycles. The molecule has 1 fully saturated rings. The van der Waals surface area contributed by atoms with Gasteiger partial charge in [0.25, 0.3) is 0 Å². The number of aliphatic hydroxyl groups excluding tert-OH is 1. The highest BCUT2D eigenvalue weighted by atomic mass is 35.5. The maximum absolute atomic E-state index is 12.5. The molecule has 4 nitrogen and oxygen atoms in total. The minimum absolute atomic E-state index is 0.0707. The molecule has 0 bridgehead atoms. The Morgan fingerprint density at radius 1 is 1.33 bits per heavy atom. The van der Waals surface area contributed by atoms with E-state index in [4.69, 9.17) is 16.3 Å². The van der Waals surface area contributed by atoms with Crippen LogP contribution in [0.25, 0.3) is 0 Å². The summed E-state index contributed by atoms with van der Waals surface area (Å²) in [4.78, 5) is 24.4. The molecular formula is C19H21ClO4. The van der Waals surface area contributed by atoms with E-state index < -0.39 is 11.9 Å². The summed E-state index contributed by atoms with van der Waals surface area (Å²) in [5, 5.41) is 11.4. The van der Waals surface area contributed by atoms with Crippen LogP contribution in [0.1, 0.15) is 37.7 Å². The Balaban J connectivity index is 2.13. The molecular weight excluding hydrogens is 328 g/mol. The minimum atomic E-state index is -0.535. The SMILES string of the molecule is CCOC(=O)C1=C(O)[C@@H]2CCC[C@@H]2C(C=O)[C@H]1c1ccc(Cl)cc1. The second-order valence-electron chi connectivity index (χ2n) is 6.46. The zero-order valence-corrected chi connectivity index (χ0v) is 14.3. The molecule has 1 N–H and O–H groups in total. The zero-order valence-electron chi connectivity index (χ0n) is 13.6. The molecule has 0 heterocycles. The first-order valence-electron chi connectivity index (χ1n) is 8.39. The van der Waals surface area contributed by atoms with Crippen LogP contribution in [0.15, 0.2) is 35.6 Å². The number of aliphatic hydroxyl groups is 1. The average molecular weight is 349 g/mol. The molecule has 1 aromatic carbocycles. The van der Waals surface area contributed by atoms with Crippen LogP contribution >= 0.6 is 11.6 Å². The molecule has 1 aromatic rings. The summed E-state index contributed by atoms with van der Waals surface area (Å²) < 4.78 is 5.17. The van der Waals surface area contributed by atoms with Gasteiger partial charge in [-0.25, -0.2) is 4.79 Å². The van der Waals surface area contributed by atoms with Crippen LogP contribution in [0.5, 0.6) is 0 Å². The lowest BCUT2D eigenvalue weighted by Crippen LogP contribution is -2.37. The topological polar surface area (TPSA) is 63.6 Å². The quantitative estimate of drug-likeness (QED) is 0.658. The monoisotopic (exact) mass is 348 g/mol. The summed E-state index contributed by atoms with van der Waals surface area (Å²) in [7, 11) is 0. The van der Waals surface area contributed by atoms with Crippen LogP contribution in [0.4, 0.5) is 0 Å². The Morgan fingerprint density at radius 3 is 2.67 bits per heavy atom. The largest absolute Gasteiger partial charge is 0.511 e. The van der Waals surface area contributed by atoms with Gasteiger partial charge in [0, 0.05) is 22.8 Å². The predicted molar refractivity (Wildman–Crippen MR) is 90.9 cm³/mol. The van der Waals surface area contributed by atoms with E-state index in [1.807, 2.05) is 12.1 Å². The Bertz CT molecular complexity index is 664. The number of aldehydes is 1. The first kappa shape index (κ1) is 17.0. The van der Waals surface area contributed by atoms with E-state index in [0.29, 0.717) is 5.02 Å². The lowest BCUT2D eigenvalue weighted by molar-refractivity contribution is -0.139. The van der Waals surface area contributed by atoms with E-state index in [0.717, 1.165) is 31.1 Å². The van der Waals surface area contributed by atoms with Gasteiger partial charge in [0.05, 0.1) is 12.2 Å². The summed E-state index contributed by atoms with van der Waals surface area (Å²) in [6.45, 7) is 1.95. The van der Waals surface area contributed by atoms with E-state index in [9.17, 15) is 14.7 Å². The number of halogens is 1. The van der Waals surface area contributed by atoms with Crippen LogP contribution in [0.2, 0.25) is 5.02 Å². The number of esters is 1. The van der Waals surface area contributed by atoms with E-state index in [2.05, 4.69) is 0 Å². The highest BCUT2D eigenvalue weighted by Gasteiger charge is 2.49. The van der Waals surface area contributed by atoms with Crippen LogP contribution in [0, 0.1) is 17.8 Å². The molecule has 5 heteroatoms. The lowest BCUT2D eigenvalue weighted by atomic mass is 9.65. The second-order valence-corrected chi connectivity index (χ2v) is 6.90. The summed E-state index contributed by atoms with van der Waals surface area (Å²) in [6.07, 6.45) is 3.58. The number of hydrogen-bond donors (Lipinski definition) is 1. The van der Waals surface area contributed by atoms with Crippen molar-refractivity contribution < 1.29 is 19.4 Å². The average Bonchev–Trinajstić information content (AvgIpc) is 3.05. The Labute approximate surface area is 146 Å². The van der Waals surface area contributed by atoms with Gasteiger partial charge in [0.1, 0.15) is 12.0 Å². The van der Waals surface area contributed by atoms with Gasteiger partial charge in [-0.05, 0) is 43.4 Å². The molecule has 2 aliphatic carbocycles. The van der Waals surface area contributed by atoms with Gasteiger partial charge in [-0.2, -0.15) is 0 Å². The highest BCUT2D eigenvalue weighted by Crippen LogP contribution is 2.52. The maximum Gasteiger partial charge on any atom is 0.338 e. The van der Waals surface area contributed by atoms with Crippen LogP contribution in [-0.2, 0) is 14.3 Å². The molecule has 0 aromatic heterocycles. The van der Waals surface area contributed by atoms with Crippen molar-refractivity contribution in [3.63, 3.8) is 0 Å². The fourth-order valence-electron chi connectivity index (χ4n) is 4.27. The van der Waals surface area contributed by atoms with Crippen molar-refractivity contribution in [2.75, 3.05) is 6.61 Å². The number of benzene rings is 1. The number of allylic oxidation sites excluding steroid dienone is 1. The fraction of sp³-hybridized carbons (Fsp3) is 0.474. The number of carbonyl (C=O) groups excluding carboxylic acids is 2. The zero-order chi connectivity index (χ0) is 17.3. The molecule has 0 radical (unpaired) electrons. The van der Waals surface area contributed by atoms with Gasteiger partial charge in [-0.3, -0.25) is 0 Å². The van der Waals surface area contributed by atoms with E-state index >= 15 is 0 Å². The van der Waals surface area contributed by atoms with Crippen molar-refractivity contribution in [1.82, 2.24) is 0 Å². The third-order valence-electron chi connectivity index (χ3n) is 5.27. The van der Waals surface area contributed by atoms with Crippen LogP contribution in [0.3, 0.4) is 0 Å². The number of rotatable bonds is 4. The van der Waals surface area contributed by atoms with Gasteiger partial charge in [-0.15, -0.1) is 0 Å². The predicted octanol–water partition coefficient (Wildman–Crippen LogP) is 4.04. The fourth-order valence-corrected chi connectivity index (χ4v) is 4.39.